The molecular weight excluding hydrogens is 473 g/mol. The normalized spacial score (nSPS) is 11.4. The van der Waals surface area contributed by atoms with Gasteiger partial charge >= 0.3 is 0 Å². The van der Waals surface area contributed by atoms with Crippen molar-refractivity contribution in [1.82, 2.24) is 14.7 Å². The summed E-state index contributed by atoms with van der Waals surface area (Å²) in [5.74, 6) is -1.03. The zero-order chi connectivity index (χ0) is 21.9. The van der Waals surface area contributed by atoms with Gasteiger partial charge in [-0.15, -0.1) is 11.3 Å². The molecule has 30 heavy (non-hydrogen) atoms. The second-order valence-electron chi connectivity index (χ2n) is 5.95. The minimum Gasteiger partial charge on any atom is -0.364 e. The maximum absolute atomic E-state index is 12.4. The Bertz CT molecular complexity index is 1190. The number of primary amides is 1. The smallest absolute Gasteiger partial charge is 0.265 e. The minimum absolute atomic E-state index is 0.0148. The van der Waals surface area contributed by atoms with Crippen LogP contribution < -0.4 is 15.8 Å². The fourth-order valence-corrected chi connectivity index (χ4v) is 5.35. The molecule has 0 bridgehead atoms. The van der Waals surface area contributed by atoms with Crippen molar-refractivity contribution in [3.05, 3.63) is 51.6 Å². The van der Waals surface area contributed by atoms with Gasteiger partial charge in [-0.1, -0.05) is 29.3 Å². The highest BCUT2D eigenvalue weighted by Gasteiger charge is 2.21. The molecule has 3 rings (SSSR count). The van der Waals surface area contributed by atoms with Crippen molar-refractivity contribution in [1.29, 1.82) is 0 Å². The van der Waals surface area contributed by atoms with E-state index in [0.717, 1.165) is 0 Å². The molecule has 2 heterocycles. The number of anilines is 1. The fourth-order valence-electron chi connectivity index (χ4n) is 2.44. The molecule has 0 saturated carbocycles. The van der Waals surface area contributed by atoms with E-state index in [2.05, 4.69) is 20.0 Å². The Kier molecular flexibility index (Phi) is 6.78. The number of H-pyrrole nitrogens is 1. The van der Waals surface area contributed by atoms with E-state index in [9.17, 15) is 18.0 Å². The summed E-state index contributed by atoms with van der Waals surface area (Å²) in [6.07, 6.45) is 1.45. The summed E-state index contributed by atoms with van der Waals surface area (Å²) in [7, 11) is -3.97. The molecule has 0 atom stereocenters. The lowest BCUT2D eigenvalue weighted by Gasteiger charge is -2.09. The second kappa shape index (κ2) is 9.14. The summed E-state index contributed by atoms with van der Waals surface area (Å²) >= 11 is 13.0. The van der Waals surface area contributed by atoms with E-state index in [1.54, 1.807) is 17.6 Å². The van der Waals surface area contributed by atoms with Crippen LogP contribution in [-0.2, 0) is 14.8 Å². The molecule has 13 heteroatoms. The van der Waals surface area contributed by atoms with Crippen molar-refractivity contribution < 1.29 is 18.0 Å². The van der Waals surface area contributed by atoms with Crippen LogP contribution in [0.15, 0.2) is 40.7 Å². The number of thiazole rings is 1. The third kappa shape index (κ3) is 5.18. The van der Waals surface area contributed by atoms with Gasteiger partial charge in [0.15, 0.2) is 5.13 Å². The quantitative estimate of drug-likeness (QED) is 0.385. The molecule has 9 nitrogen and oxygen atoms in total. The molecule has 0 aliphatic rings. The Hall–Kier alpha value is -2.44. The van der Waals surface area contributed by atoms with Crippen LogP contribution in [0.5, 0.6) is 0 Å². The second-order valence-corrected chi connectivity index (χ2v) is 9.33. The standard InChI is InChI=1S/C17H15Cl2N5O4S2/c18-10-2-1-3-11(19)15(10)30(27,28)22-5-4-14(25)24-17-23-13(8-29-17)9-6-12(16(20)26)21-7-9/h1-3,6-8,21-22H,4-5H2,(H2,20,26)(H,23,24,25). The molecule has 2 aromatic heterocycles. The number of nitrogens with two attached hydrogens (primary N) is 1. The molecule has 0 saturated heterocycles. The first-order valence-electron chi connectivity index (χ1n) is 8.35. The van der Waals surface area contributed by atoms with E-state index in [0.29, 0.717) is 16.4 Å². The Morgan fingerprint density at radius 2 is 1.93 bits per heavy atom. The zero-order valence-electron chi connectivity index (χ0n) is 15.1. The van der Waals surface area contributed by atoms with E-state index in [1.165, 1.54) is 29.5 Å². The van der Waals surface area contributed by atoms with Gasteiger partial charge in [0.1, 0.15) is 10.6 Å². The minimum atomic E-state index is -3.97. The number of sulfonamides is 1. The molecule has 0 aliphatic heterocycles. The lowest BCUT2D eigenvalue weighted by Crippen LogP contribution is -2.28. The predicted octanol–water partition coefficient (Wildman–Crippen LogP) is 2.85. The molecule has 0 fully saturated rings. The van der Waals surface area contributed by atoms with Gasteiger partial charge in [0, 0.05) is 30.1 Å². The summed E-state index contributed by atoms with van der Waals surface area (Å²) in [6, 6.07) is 5.90. The first kappa shape index (κ1) is 22.2. The molecule has 0 unspecified atom stereocenters. The number of aromatic amines is 1. The molecule has 2 amide bonds. The average Bonchev–Trinajstić information content (AvgIpc) is 3.30. The lowest BCUT2D eigenvalue weighted by atomic mass is 10.2. The number of nitrogens with one attached hydrogen (secondary N) is 3. The SMILES string of the molecule is NC(=O)c1cc(-c2csc(NC(=O)CCNS(=O)(=O)c3c(Cl)cccc3Cl)n2)c[nH]1. The van der Waals surface area contributed by atoms with Crippen LogP contribution in [0.25, 0.3) is 11.3 Å². The molecule has 5 N–H and O–H groups in total. The molecular formula is C17H15Cl2N5O4S2. The topological polar surface area (TPSA) is 147 Å². The first-order valence-corrected chi connectivity index (χ1v) is 11.5. The molecule has 1 aromatic carbocycles. The van der Waals surface area contributed by atoms with Crippen LogP contribution in [0.2, 0.25) is 10.0 Å². The van der Waals surface area contributed by atoms with Crippen molar-refractivity contribution in [2.75, 3.05) is 11.9 Å². The Labute approximate surface area is 185 Å². The zero-order valence-corrected chi connectivity index (χ0v) is 18.3. The number of carbonyl (C=O) groups excluding carboxylic acids is 2. The van der Waals surface area contributed by atoms with Crippen LogP contribution in [0.3, 0.4) is 0 Å². The van der Waals surface area contributed by atoms with Crippen LogP contribution in [0.4, 0.5) is 5.13 Å². The monoisotopic (exact) mass is 487 g/mol. The number of halogens is 2. The molecule has 0 spiro atoms. The Morgan fingerprint density at radius 1 is 1.23 bits per heavy atom. The number of amides is 2. The highest BCUT2D eigenvalue weighted by molar-refractivity contribution is 7.89. The van der Waals surface area contributed by atoms with Gasteiger partial charge in [-0.25, -0.2) is 18.1 Å². The number of hydrogen-bond donors (Lipinski definition) is 4. The number of hydrogen-bond acceptors (Lipinski definition) is 6. The van der Waals surface area contributed by atoms with Crippen LogP contribution >= 0.6 is 34.5 Å². The summed E-state index contributed by atoms with van der Waals surface area (Å²) in [4.78, 5) is 30.0. The Morgan fingerprint density at radius 3 is 2.57 bits per heavy atom. The average molecular weight is 488 g/mol. The number of nitrogens with zero attached hydrogens (tertiary/aromatic N) is 1. The van der Waals surface area contributed by atoms with Gasteiger partial charge in [0.05, 0.1) is 15.7 Å². The maximum atomic E-state index is 12.4. The van der Waals surface area contributed by atoms with Crippen molar-refractivity contribution in [2.45, 2.75) is 11.3 Å². The van der Waals surface area contributed by atoms with Crippen LogP contribution in [0.1, 0.15) is 16.9 Å². The largest absolute Gasteiger partial charge is 0.364 e. The molecule has 158 valence electrons. The van der Waals surface area contributed by atoms with E-state index in [1.807, 2.05) is 0 Å². The summed E-state index contributed by atoms with van der Waals surface area (Å²) in [6.45, 7) is -0.159. The maximum Gasteiger partial charge on any atom is 0.265 e. The number of aromatic nitrogens is 2. The molecule has 0 aliphatic carbocycles. The number of rotatable bonds is 8. The van der Waals surface area contributed by atoms with Gasteiger partial charge in [-0.05, 0) is 18.2 Å². The van der Waals surface area contributed by atoms with Crippen LogP contribution in [0, 0.1) is 0 Å². The lowest BCUT2D eigenvalue weighted by molar-refractivity contribution is -0.116. The highest BCUT2D eigenvalue weighted by atomic mass is 35.5. The molecule has 0 radical (unpaired) electrons. The third-order valence-corrected chi connectivity index (χ3v) is 7.00. The number of carbonyl (C=O) groups is 2. The van der Waals surface area contributed by atoms with Crippen molar-refractivity contribution in [3.63, 3.8) is 0 Å². The molecule has 3 aromatic rings. The van der Waals surface area contributed by atoms with Gasteiger partial charge in [0.2, 0.25) is 15.9 Å². The van der Waals surface area contributed by atoms with Crippen molar-refractivity contribution in [2.24, 2.45) is 5.73 Å². The van der Waals surface area contributed by atoms with E-state index in [-0.39, 0.29) is 33.6 Å². The summed E-state index contributed by atoms with van der Waals surface area (Å²) in [5, 5.41) is 4.59. The predicted molar refractivity (Wildman–Crippen MR) is 115 cm³/mol. The van der Waals surface area contributed by atoms with Crippen molar-refractivity contribution in [3.8, 4) is 11.3 Å². The van der Waals surface area contributed by atoms with Gasteiger partial charge in [-0.3, -0.25) is 9.59 Å². The first-order chi connectivity index (χ1) is 14.2. The number of benzene rings is 1. The summed E-state index contributed by atoms with van der Waals surface area (Å²) in [5.41, 5.74) is 6.64. The van der Waals surface area contributed by atoms with E-state index in [4.69, 9.17) is 28.9 Å². The van der Waals surface area contributed by atoms with Gasteiger partial charge in [-0.2, -0.15) is 0 Å². The van der Waals surface area contributed by atoms with E-state index < -0.39 is 21.8 Å². The van der Waals surface area contributed by atoms with Crippen molar-refractivity contribution >= 4 is 61.5 Å². The highest BCUT2D eigenvalue weighted by Crippen LogP contribution is 2.29. The fraction of sp³-hybridized carbons (Fsp3) is 0.118. The van der Waals surface area contributed by atoms with Gasteiger partial charge < -0.3 is 16.0 Å². The van der Waals surface area contributed by atoms with E-state index >= 15 is 0 Å². The summed E-state index contributed by atoms with van der Waals surface area (Å²) < 4.78 is 27.0. The Balaban J connectivity index is 1.56. The third-order valence-electron chi connectivity index (χ3n) is 3.83. The van der Waals surface area contributed by atoms with Gasteiger partial charge in [0.25, 0.3) is 5.91 Å². The van der Waals surface area contributed by atoms with Crippen LogP contribution in [-0.4, -0.2) is 36.7 Å².